The smallest absolute Gasteiger partial charge is 0.196 e. The lowest BCUT2D eigenvalue weighted by Gasteiger charge is -2.27. The van der Waals surface area contributed by atoms with Crippen LogP contribution < -0.4 is 15.0 Å². The number of benzene rings is 8. The molecule has 0 aliphatic carbocycles. The summed E-state index contributed by atoms with van der Waals surface area (Å²) in [4.78, 5) is 2.37. The first kappa shape index (κ1) is 30.1. The molecular weight excluding hydrogens is 679 g/mol. The SMILES string of the molecule is c1ccc(C2Nc3cc(N(c4cccc5oc6ccccc6c45)c4cccc5c4c4ccccc4n5-c4ccccc4)c4oc5ccccc5c4c3O2)cc1. The maximum atomic E-state index is 6.95. The summed E-state index contributed by atoms with van der Waals surface area (Å²) in [5.74, 6) is 0.781. The van der Waals surface area contributed by atoms with E-state index in [1.165, 1.54) is 0 Å². The van der Waals surface area contributed by atoms with Gasteiger partial charge in [-0.1, -0.05) is 115 Å². The Bertz CT molecular complexity index is 3290. The van der Waals surface area contributed by atoms with Crippen LogP contribution in [-0.2, 0) is 0 Å². The van der Waals surface area contributed by atoms with Gasteiger partial charge in [0.25, 0.3) is 0 Å². The van der Waals surface area contributed by atoms with Gasteiger partial charge in [-0.2, -0.15) is 0 Å². The van der Waals surface area contributed by atoms with Crippen molar-refractivity contribution in [2.24, 2.45) is 0 Å². The molecule has 0 bridgehead atoms. The van der Waals surface area contributed by atoms with Gasteiger partial charge in [-0.05, 0) is 60.7 Å². The van der Waals surface area contributed by atoms with Crippen LogP contribution in [0.25, 0.3) is 71.4 Å². The Balaban J connectivity index is 1.23. The quantitative estimate of drug-likeness (QED) is 0.193. The molecule has 6 heteroatoms. The van der Waals surface area contributed by atoms with E-state index in [1.807, 2.05) is 42.5 Å². The van der Waals surface area contributed by atoms with Crippen molar-refractivity contribution in [1.29, 1.82) is 0 Å². The van der Waals surface area contributed by atoms with Crippen LogP contribution in [0.4, 0.5) is 22.7 Å². The number of anilines is 4. The molecule has 0 amide bonds. The largest absolute Gasteiger partial charge is 0.464 e. The second-order valence-corrected chi connectivity index (χ2v) is 14.1. The van der Waals surface area contributed by atoms with Gasteiger partial charge in [-0.15, -0.1) is 0 Å². The summed E-state index contributed by atoms with van der Waals surface area (Å²) in [6.07, 6.45) is -0.356. The number of nitrogens with zero attached hydrogens (tertiary/aromatic N) is 2. The summed E-state index contributed by atoms with van der Waals surface area (Å²) < 4.78 is 22.6. The monoisotopic (exact) mass is 709 g/mol. The van der Waals surface area contributed by atoms with Crippen LogP contribution >= 0.6 is 0 Å². The van der Waals surface area contributed by atoms with Gasteiger partial charge in [-0.25, -0.2) is 0 Å². The molecule has 55 heavy (non-hydrogen) atoms. The lowest BCUT2D eigenvalue weighted by molar-refractivity contribution is 0.263. The molecule has 260 valence electrons. The van der Waals surface area contributed by atoms with E-state index in [-0.39, 0.29) is 6.23 Å². The van der Waals surface area contributed by atoms with Crippen LogP contribution in [-0.4, -0.2) is 4.57 Å². The topological polar surface area (TPSA) is 55.7 Å². The summed E-state index contributed by atoms with van der Waals surface area (Å²) in [6.45, 7) is 0. The highest BCUT2D eigenvalue weighted by Crippen LogP contribution is 2.55. The number of ether oxygens (including phenoxy) is 1. The molecule has 12 rings (SSSR count). The van der Waals surface area contributed by atoms with E-state index in [0.717, 1.165) is 105 Å². The maximum Gasteiger partial charge on any atom is 0.196 e. The lowest BCUT2D eigenvalue weighted by Crippen LogP contribution is -2.12. The van der Waals surface area contributed by atoms with E-state index < -0.39 is 0 Å². The molecule has 0 saturated carbocycles. The highest BCUT2D eigenvalue weighted by atomic mass is 16.5. The predicted molar refractivity (Wildman–Crippen MR) is 223 cm³/mol. The van der Waals surface area contributed by atoms with Crippen molar-refractivity contribution in [3.05, 3.63) is 181 Å². The molecule has 0 spiro atoms. The van der Waals surface area contributed by atoms with Crippen LogP contribution in [0, 0.1) is 0 Å². The third kappa shape index (κ3) is 4.36. The summed E-state index contributed by atoms with van der Waals surface area (Å²) >= 11 is 0. The highest BCUT2D eigenvalue weighted by Gasteiger charge is 2.33. The Labute approximate surface area is 315 Å². The summed E-state index contributed by atoms with van der Waals surface area (Å²) in [5.41, 5.74) is 11.4. The molecule has 1 N–H and O–H groups in total. The van der Waals surface area contributed by atoms with Crippen molar-refractivity contribution in [2.75, 3.05) is 10.2 Å². The molecule has 1 aliphatic heterocycles. The molecular formula is C49H31N3O3. The van der Waals surface area contributed by atoms with Crippen LogP contribution in [0.15, 0.2) is 185 Å². The molecule has 0 saturated heterocycles. The summed E-state index contributed by atoms with van der Waals surface area (Å²) in [6, 6.07) is 61.2. The molecule has 1 atom stereocenters. The number of rotatable bonds is 5. The first-order valence-corrected chi connectivity index (χ1v) is 18.5. The molecule has 11 aromatic rings. The first-order valence-electron chi connectivity index (χ1n) is 18.5. The zero-order valence-electron chi connectivity index (χ0n) is 29.4. The van der Waals surface area contributed by atoms with E-state index >= 15 is 0 Å². The minimum absolute atomic E-state index is 0.356. The number of hydrogen-bond donors (Lipinski definition) is 1. The molecule has 6 nitrogen and oxygen atoms in total. The van der Waals surface area contributed by atoms with E-state index in [0.29, 0.717) is 0 Å². The normalized spacial score (nSPS) is 13.9. The maximum absolute atomic E-state index is 6.95. The fraction of sp³-hybridized carbons (Fsp3) is 0.0204. The number of aromatic nitrogens is 1. The van der Waals surface area contributed by atoms with Crippen LogP contribution in [0.5, 0.6) is 5.75 Å². The van der Waals surface area contributed by atoms with Gasteiger partial charge >= 0.3 is 0 Å². The van der Waals surface area contributed by atoms with Gasteiger partial charge in [-0.3, -0.25) is 0 Å². The van der Waals surface area contributed by atoms with Crippen molar-refractivity contribution in [3.8, 4) is 11.4 Å². The fourth-order valence-corrected chi connectivity index (χ4v) is 8.69. The Hall–Kier alpha value is -7.44. The van der Waals surface area contributed by atoms with E-state index in [1.54, 1.807) is 0 Å². The van der Waals surface area contributed by atoms with Crippen LogP contribution in [0.1, 0.15) is 11.8 Å². The van der Waals surface area contributed by atoms with Crippen molar-refractivity contribution in [2.45, 2.75) is 6.23 Å². The van der Waals surface area contributed by atoms with Gasteiger partial charge in [0.15, 0.2) is 17.6 Å². The van der Waals surface area contributed by atoms with Crippen molar-refractivity contribution in [3.63, 3.8) is 0 Å². The summed E-state index contributed by atoms with van der Waals surface area (Å²) in [5, 5.41) is 10.0. The Kier molecular flexibility index (Phi) is 6.30. The number of fused-ring (bicyclic) bond motifs is 11. The number of nitrogens with one attached hydrogen (secondary N) is 1. The molecule has 1 unspecified atom stereocenters. The molecule has 8 aromatic carbocycles. The number of hydrogen-bond acceptors (Lipinski definition) is 5. The second-order valence-electron chi connectivity index (χ2n) is 14.1. The highest BCUT2D eigenvalue weighted by molar-refractivity contribution is 6.22. The Morgan fingerprint density at radius 3 is 1.87 bits per heavy atom. The van der Waals surface area contributed by atoms with E-state index in [9.17, 15) is 0 Å². The van der Waals surface area contributed by atoms with Gasteiger partial charge in [0.2, 0.25) is 0 Å². The van der Waals surface area contributed by atoms with Crippen LogP contribution in [0.3, 0.4) is 0 Å². The molecule has 0 radical (unpaired) electrons. The van der Waals surface area contributed by atoms with Gasteiger partial charge in [0.1, 0.15) is 16.7 Å². The van der Waals surface area contributed by atoms with Gasteiger partial charge in [0, 0.05) is 32.8 Å². The predicted octanol–water partition coefficient (Wildman–Crippen LogP) is 13.6. The van der Waals surface area contributed by atoms with E-state index in [4.69, 9.17) is 13.6 Å². The first-order chi connectivity index (χ1) is 27.3. The zero-order valence-corrected chi connectivity index (χ0v) is 29.4. The molecule has 0 fully saturated rings. The standard InChI is InChI=1S/C49H31N3O3/c1-3-15-30(16-4-1)49-50-35-29-40(48-46(47(35)55-49)34-21-9-12-27-42(34)54-48)52(39-25-14-28-43-45(39)33-20-8-11-26-41(33)53-43)38-24-13-23-37-44(38)32-19-7-10-22-36(32)51(37)31-17-5-2-6-18-31/h1-29,49-50H. The number of para-hydroxylation sites is 4. The second kappa shape index (κ2) is 11.5. The van der Waals surface area contributed by atoms with Gasteiger partial charge in [0.05, 0.1) is 44.6 Å². The van der Waals surface area contributed by atoms with Crippen LogP contribution in [0.2, 0.25) is 0 Å². The third-order valence-electron chi connectivity index (χ3n) is 11.0. The van der Waals surface area contributed by atoms with Crippen molar-refractivity contribution < 1.29 is 13.6 Å². The third-order valence-corrected chi connectivity index (χ3v) is 11.0. The Morgan fingerprint density at radius 2 is 1.07 bits per heavy atom. The Morgan fingerprint density at radius 1 is 0.473 bits per heavy atom. The van der Waals surface area contributed by atoms with Crippen molar-refractivity contribution >= 4 is 88.4 Å². The van der Waals surface area contributed by atoms with Gasteiger partial charge < -0.3 is 28.4 Å². The summed E-state index contributed by atoms with van der Waals surface area (Å²) in [7, 11) is 0. The molecule has 4 heterocycles. The average molecular weight is 710 g/mol. The molecule has 3 aromatic heterocycles. The minimum atomic E-state index is -0.356. The van der Waals surface area contributed by atoms with E-state index in [2.05, 4.69) is 148 Å². The zero-order chi connectivity index (χ0) is 36.0. The minimum Gasteiger partial charge on any atom is -0.464 e. The average Bonchev–Trinajstić information content (AvgIpc) is 4.02. The fourth-order valence-electron chi connectivity index (χ4n) is 8.69. The van der Waals surface area contributed by atoms with Crippen molar-refractivity contribution in [1.82, 2.24) is 4.57 Å². The molecule has 1 aliphatic rings. The lowest BCUT2D eigenvalue weighted by atomic mass is 10.0. The number of furan rings is 2.